The minimum atomic E-state index is 0.152. The lowest BCUT2D eigenvalue weighted by molar-refractivity contribution is -0.130. The number of rotatable bonds is 7. The number of aliphatic imine (C=N–C) groups is 1. The van der Waals surface area contributed by atoms with Crippen molar-refractivity contribution in [1.29, 1.82) is 0 Å². The SMILES string of the molecule is CCNC(=NCC(=O)N1CCCCC1)NCCN1CCCCC1CC. The Morgan fingerprint density at radius 2 is 1.80 bits per heavy atom. The first-order valence-electron chi connectivity index (χ1n) is 10.3. The number of piperidine rings is 2. The summed E-state index contributed by atoms with van der Waals surface area (Å²) in [6.07, 6.45) is 8.74. The summed E-state index contributed by atoms with van der Waals surface area (Å²) in [5.41, 5.74) is 0. The fourth-order valence-corrected chi connectivity index (χ4v) is 3.87. The quantitative estimate of drug-likeness (QED) is 0.543. The molecule has 0 aliphatic carbocycles. The number of amides is 1. The summed E-state index contributed by atoms with van der Waals surface area (Å²) >= 11 is 0. The van der Waals surface area contributed by atoms with E-state index in [4.69, 9.17) is 0 Å². The molecule has 1 unspecified atom stereocenters. The van der Waals surface area contributed by atoms with Crippen LogP contribution in [0.5, 0.6) is 0 Å². The molecule has 0 aromatic carbocycles. The highest BCUT2D eigenvalue weighted by molar-refractivity contribution is 5.85. The molecule has 144 valence electrons. The van der Waals surface area contributed by atoms with Crippen molar-refractivity contribution in [3.63, 3.8) is 0 Å². The third-order valence-electron chi connectivity index (χ3n) is 5.34. The van der Waals surface area contributed by atoms with Gasteiger partial charge in [0.15, 0.2) is 5.96 Å². The van der Waals surface area contributed by atoms with Crippen molar-refractivity contribution in [1.82, 2.24) is 20.4 Å². The second-order valence-electron chi connectivity index (χ2n) is 7.16. The fraction of sp³-hybridized carbons (Fsp3) is 0.895. The number of carbonyl (C=O) groups excluding carboxylic acids is 1. The lowest BCUT2D eigenvalue weighted by Crippen LogP contribution is -2.46. The van der Waals surface area contributed by atoms with Gasteiger partial charge in [0.2, 0.25) is 5.91 Å². The van der Waals surface area contributed by atoms with Gasteiger partial charge in [-0.2, -0.15) is 0 Å². The van der Waals surface area contributed by atoms with Crippen molar-refractivity contribution in [2.75, 3.05) is 45.8 Å². The van der Waals surface area contributed by atoms with Crippen LogP contribution in [-0.4, -0.2) is 73.5 Å². The molecule has 1 amide bonds. The molecule has 1 atom stereocenters. The lowest BCUT2D eigenvalue weighted by atomic mass is 10.0. The van der Waals surface area contributed by atoms with E-state index in [1.54, 1.807) is 0 Å². The predicted octanol–water partition coefficient (Wildman–Crippen LogP) is 1.82. The van der Waals surface area contributed by atoms with E-state index in [-0.39, 0.29) is 12.5 Å². The number of hydrogen-bond acceptors (Lipinski definition) is 3. The Bertz CT molecular complexity index is 420. The zero-order valence-corrected chi connectivity index (χ0v) is 16.2. The van der Waals surface area contributed by atoms with Crippen molar-refractivity contribution in [2.45, 2.75) is 64.8 Å². The molecule has 0 saturated carbocycles. The predicted molar refractivity (Wildman–Crippen MR) is 104 cm³/mol. The minimum absolute atomic E-state index is 0.152. The molecule has 0 aromatic heterocycles. The molecule has 25 heavy (non-hydrogen) atoms. The van der Waals surface area contributed by atoms with Crippen molar-refractivity contribution < 1.29 is 4.79 Å². The first kappa shape index (κ1) is 20.0. The second kappa shape index (κ2) is 11.3. The average molecular weight is 352 g/mol. The maximum Gasteiger partial charge on any atom is 0.244 e. The molecular formula is C19H37N5O. The Kier molecular flexibility index (Phi) is 9.08. The fourth-order valence-electron chi connectivity index (χ4n) is 3.87. The molecule has 0 radical (unpaired) electrons. The Hall–Kier alpha value is -1.30. The van der Waals surface area contributed by atoms with Gasteiger partial charge in [0.1, 0.15) is 6.54 Å². The molecule has 0 aromatic rings. The summed E-state index contributed by atoms with van der Waals surface area (Å²) in [6.45, 7) is 10.3. The van der Waals surface area contributed by atoms with Crippen LogP contribution in [0, 0.1) is 0 Å². The number of nitrogens with one attached hydrogen (secondary N) is 2. The summed E-state index contributed by atoms with van der Waals surface area (Å²) in [6, 6.07) is 0.732. The monoisotopic (exact) mass is 351 g/mol. The molecule has 2 aliphatic rings. The van der Waals surface area contributed by atoms with Crippen LogP contribution in [0.4, 0.5) is 0 Å². The highest BCUT2D eigenvalue weighted by atomic mass is 16.2. The summed E-state index contributed by atoms with van der Waals surface area (Å²) < 4.78 is 0. The lowest BCUT2D eigenvalue weighted by Gasteiger charge is -2.35. The van der Waals surface area contributed by atoms with Crippen molar-refractivity contribution in [3.8, 4) is 0 Å². The smallest absolute Gasteiger partial charge is 0.244 e. The molecule has 0 bridgehead atoms. The highest BCUT2D eigenvalue weighted by Crippen LogP contribution is 2.18. The van der Waals surface area contributed by atoms with E-state index in [1.807, 2.05) is 4.90 Å². The van der Waals surface area contributed by atoms with Crippen molar-refractivity contribution in [3.05, 3.63) is 0 Å². The van der Waals surface area contributed by atoms with Gasteiger partial charge in [0.05, 0.1) is 0 Å². The molecule has 2 aliphatic heterocycles. The van der Waals surface area contributed by atoms with E-state index in [9.17, 15) is 4.79 Å². The van der Waals surface area contributed by atoms with Crippen LogP contribution in [0.1, 0.15) is 58.8 Å². The number of hydrogen-bond donors (Lipinski definition) is 2. The van der Waals surface area contributed by atoms with E-state index in [0.717, 1.165) is 57.6 Å². The van der Waals surface area contributed by atoms with E-state index in [1.165, 1.54) is 38.6 Å². The maximum atomic E-state index is 12.3. The molecule has 0 spiro atoms. The Balaban J connectivity index is 1.75. The van der Waals surface area contributed by atoms with E-state index in [0.29, 0.717) is 0 Å². The molecular weight excluding hydrogens is 314 g/mol. The Morgan fingerprint density at radius 1 is 1.04 bits per heavy atom. The average Bonchev–Trinajstić information content (AvgIpc) is 2.67. The largest absolute Gasteiger partial charge is 0.357 e. The minimum Gasteiger partial charge on any atom is -0.357 e. The van der Waals surface area contributed by atoms with Gasteiger partial charge in [-0.1, -0.05) is 13.3 Å². The maximum absolute atomic E-state index is 12.3. The first-order chi connectivity index (χ1) is 12.2. The van der Waals surface area contributed by atoms with Crippen LogP contribution in [0.25, 0.3) is 0 Å². The molecule has 6 nitrogen and oxygen atoms in total. The third-order valence-corrected chi connectivity index (χ3v) is 5.34. The summed E-state index contributed by atoms with van der Waals surface area (Å²) in [7, 11) is 0. The van der Waals surface area contributed by atoms with Crippen LogP contribution in [-0.2, 0) is 4.79 Å². The van der Waals surface area contributed by atoms with Crippen LogP contribution in [0.3, 0.4) is 0 Å². The summed E-state index contributed by atoms with van der Waals surface area (Å²) in [4.78, 5) is 21.3. The van der Waals surface area contributed by atoms with Crippen molar-refractivity contribution in [2.24, 2.45) is 4.99 Å². The zero-order valence-electron chi connectivity index (χ0n) is 16.2. The first-order valence-corrected chi connectivity index (χ1v) is 10.3. The standard InChI is InChI=1S/C19H37N5O/c1-3-17-10-6-9-12-23(17)15-11-21-19(20-4-2)22-16-18(25)24-13-7-5-8-14-24/h17H,3-16H2,1-2H3,(H2,20,21,22). The van der Waals surface area contributed by atoms with Gasteiger partial charge in [-0.05, 0) is 52.0 Å². The number of carbonyl (C=O) groups is 1. The van der Waals surface area contributed by atoms with Gasteiger partial charge in [-0.15, -0.1) is 0 Å². The normalized spacial score (nSPS) is 22.7. The Morgan fingerprint density at radius 3 is 2.52 bits per heavy atom. The van der Waals surface area contributed by atoms with Crippen LogP contribution >= 0.6 is 0 Å². The summed E-state index contributed by atoms with van der Waals surface area (Å²) in [5.74, 6) is 0.914. The number of likely N-dealkylation sites (tertiary alicyclic amines) is 2. The van der Waals surface area contributed by atoms with Gasteiger partial charge in [-0.25, -0.2) is 4.99 Å². The zero-order chi connectivity index (χ0) is 17.9. The van der Waals surface area contributed by atoms with Crippen LogP contribution < -0.4 is 10.6 Å². The van der Waals surface area contributed by atoms with Gasteiger partial charge in [0.25, 0.3) is 0 Å². The third kappa shape index (κ3) is 6.84. The summed E-state index contributed by atoms with van der Waals surface area (Å²) in [5, 5.41) is 6.65. The molecule has 2 N–H and O–H groups in total. The molecule has 6 heteroatoms. The molecule has 2 fully saturated rings. The highest BCUT2D eigenvalue weighted by Gasteiger charge is 2.20. The van der Waals surface area contributed by atoms with Gasteiger partial charge < -0.3 is 15.5 Å². The molecule has 2 rings (SSSR count). The molecule has 2 saturated heterocycles. The Labute approximate surface area is 153 Å². The number of nitrogens with zero attached hydrogens (tertiary/aromatic N) is 3. The second-order valence-corrected chi connectivity index (χ2v) is 7.16. The van der Waals surface area contributed by atoms with Crippen molar-refractivity contribution >= 4 is 11.9 Å². The van der Waals surface area contributed by atoms with Gasteiger partial charge in [-0.3, -0.25) is 9.69 Å². The molecule has 2 heterocycles. The van der Waals surface area contributed by atoms with Crippen LogP contribution in [0.15, 0.2) is 4.99 Å². The van der Waals surface area contributed by atoms with Gasteiger partial charge >= 0.3 is 0 Å². The van der Waals surface area contributed by atoms with E-state index in [2.05, 4.69) is 34.4 Å². The number of guanidine groups is 1. The topological polar surface area (TPSA) is 60.0 Å². The van der Waals surface area contributed by atoms with Crippen LogP contribution in [0.2, 0.25) is 0 Å². The van der Waals surface area contributed by atoms with E-state index < -0.39 is 0 Å². The van der Waals surface area contributed by atoms with Gasteiger partial charge in [0, 0.05) is 38.8 Å². The van der Waals surface area contributed by atoms with E-state index >= 15 is 0 Å².